The Hall–Kier alpha value is -1.17. The zero-order chi connectivity index (χ0) is 13.4. The van der Waals surface area contributed by atoms with Crippen LogP contribution in [-0.4, -0.2) is 43.3 Å². The highest BCUT2D eigenvalue weighted by Gasteiger charge is 2.03. The van der Waals surface area contributed by atoms with E-state index in [0.717, 1.165) is 37.8 Å². The normalized spacial score (nSPS) is 11.5. The molecule has 0 amide bonds. The molecule has 0 saturated carbocycles. The summed E-state index contributed by atoms with van der Waals surface area (Å²) < 4.78 is 5.01. The molecule has 100 valence electrons. The van der Waals surface area contributed by atoms with E-state index in [0.29, 0.717) is 0 Å². The van der Waals surface area contributed by atoms with Crippen LogP contribution in [0.3, 0.4) is 0 Å². The van der Waals surface area contributed by atoms with E-state index in [-0.39, 0.29) is 0 Å². The largest absolute Gasteiger partial charge is 0.478 e. The maximum Gasteiger partial charge on any atom is 0.328 e. The number of carboxylic acid groups (broad SMARTS) is 1. The van der Waals surface area contributed by atoms with Crippen molar-refractivity contribution in [3.63, 3.8) is 0 Å². The summed E-state index contributed by atoms with van der Waals surface area (Å²) in [5.41, 5.74) is 0.947. The van der Waals surface area contributed by atoms with E-state index < -0.39 is 5.97 Å². The molecule has 0 bridgehead atoms. The van der Waals surface area contributed by atoms with Crippen molar-refractivity contribution in [2.24, 2.45) is 0 Å². The van der Waals surface area contributed by atoms with Crippen molar-refractivity contribution >= 4 is 23.4 Å². The van der Waals surface area contributed by atoms with Gasteiger partial charge in [-0.3, -0.25) is 0 Å². The SMILES string of the molecule is COCCCN(C)Cc1cc(/C=C/C(=O)O)cs1. The number of rotatable bonds is 8. The highest BCUT2D eigenvalue weighted by atomic mass is 32.1. The van der Waals surface area contributed by atoms with Gasteiger partial charge in [-0.2, -0.15) is 0 Å². The van der Waals surface area contributed by atoms with E-state index in [1.807, 2.05) is 11.4 Å². The number of hydrogen-bond acceptors (Lipinski definition) is 4. The summed E-state index contributed by atoms with van der Waals surface area (Å²) in [6, 6.07) is 2.02. The van der Waals surface area contributed by atoms with Crippen LogP contribution < -0.4 is 0 Å². The lowest BCUT2D eigenvalue weighted by molar-refractivity contribution is -0.131. The molecule has 1 aromatic heterocycles. The monoisotopic (exact) mass is 269 g/mol. The van der Waals surface area contributed by atoms with Crippen molar-refractivity contribution < 1.29 is 14.6 Å². The zero-order valence-corrected chi connectivity index (χ0v) is 11.6. The van der Waals surface area contributed by atoms with Gasteiger partial charge in [-0.05, 0) is 36.6 Å². The molecule has 0 unspecified atom stereocenters. The highest BCUT2D eigenvalue weighted by Crippen LogP contribution is 2.17. The van der Waals surface area contributed by atoms with Crippen molar-refractivity contribution in [1.29, 1.82) is 0 Å². The van der Waals surface area contributed by atoms with E-state index in [4.69, 9.17) is 9.84 Å². The van der Waals surface area contributed by atoms with Gasteiger partial charge in [-0.25, -0.2) is 4.79 Å². The average Bonchev–Trinajstić information content (AvgIpc) is 2.74. The van der Waals surface area contributed by atoms with Gasteiger partial charge >= 0.3 is 5.97 Å². The third-order valence-corrected chi connectivity index (χ3v) is 3.35. The molecular formula is C13H19NO3S. The summed E-state index contributed by atoms with van der Waals surface area (Å²) in [5.74, 6) is -0.917. The van der Waals surface area contributed by atoms with E-state index >= 15 is 0 Å². The molecule has 0 aliphatic rings. The number of carbonyl (C=O) groups is 1. The Labute approximate surface area is 111 Å². The van der Waals surface area contributed by atoms with Crippen molar-refractivity contribution in [2.45, 2.75) is 13.0 Å². The van der Waals surface area contributed by atoms with Gasteiger partial charge in [0.15, 0.2) is 0 Å². The fraction of sp³-hybridized carbons (Fsp3) is 0.462. The summed E-state index contributed by atoms with van der Waals surface area (Å²) >= 11 is 1.65. The van der Waals surface area contributed by atoms with Gasteiger partial charge in [-0.15, -0.1) is 11.3 Å². The lowest BCUT2D eigenvalue weighted by Gasteiger charge is -2.14. The minimum absolute atomic E-state index is 0.779. The standard InChI is InChI=1S/C13H19NO3S/c1-14(6-3-7-17-2)9-12-8-11(10-18-12)4-5-13(15)16/h4-5,8,10H,3,6-7,9H2,1-2H3,(H,15,16)/b5-4+. The molecule has 0 saturated heterocycles. The third kappa shape index (κ3) is 5.95. The predicted molar refractivity (Wildman–Crippen MR) is 73.8 cm³/mol. The molecule has 0 aliphatic heterocycles. The number of methoxy groups -OCH3 is 1. The molecule has 1 N–H and O–H groups in total. The fourth-order valence-corrected chi connectivity index (χ4v) is 2.49. The zero-order valence-electron chi connectivity index (χ0n) is 10.8. The summed E-state index contributed by atoms with van der Waals surface area (Å²) in [4.78, 5) is 13.9. The molecule has 4 nitrogen and oxygen atoms in total. The molecule has 18 heavy (non-hydrogen) atoms. The molecular weight excluding hydrogens is 250 g/mol. The quantitative estimate of drug-likeness (QED) is 0.581. The number of carboxylic acids is 1. The van der Waals surface area contributed by atoms with Crippen molar-refractivity contribution in [1.82, 2.24) is 4.90 Å². The minimum Gasteiger partial charge on any atom is -0.478 e. The van der Waals surface area contributed by atoms with Crippen molar-refractivity contribution in [3.8, 4) is 0 Å². The van der Waals surface area contributed by atoms with E-state index in [1.54, 1.807) is 24.5 Å². The molecule has 1 heterocycles. The summed E-state index contributed by atoms with van der Waals surface area (Å²) in [6.07, 6.45) is 3.80. The van der Waals surface area contributed by atoms with Gasteiger partial charge in [-0.1, -0.05) is 0 Å². The molecule has 0 spiro atoms. The van der Waals surface area contributed by atoms with Crippen LogP contribution in [0, 0.1) is 0 Å². The lowest BCUT2D eigenvalue weighted by Crippen LogP contribution is -2.19. The fourth-order valence-electron chi connectivity index (χ4n) is 1.56. The molecule has 0 aromatic carbocycles. The Bertz CT molecular complexity index is 401. The second kappa shape index (κ2) is 8.02. The highest BCUT2D eigenvalue weighted by molar-refractivity contribution is 7.10. The van der Waals surface area contributed by atoms with Crippen LogP contribution in [0.1, 0.15) is 16.9 Å². The number of aliphatic carboxylic acids is 1. The van der Waals surface area contributed by atoms with Crippen LogP contribution in [0.25, 0.3) is 6.08 Å². The second-order valence-electron chi connectivity index (χ2n) is 4.10. The van der Waals surface area contributed by atoms with Crippen LogP contribution in [0.5, 0.6) is 0 Å². The molecule has 0 atom stereocenters. The van der Waals surface area contributed by atoms with Gasteiger partial charge in [0.25, 0.3) is 0 Å². The second-order valence-corrected chi connectivity index (χ2v) is 5.10. The minimum atomic E-state index is -0.917. The topological polar surface area (TPSA) is 49.8 Å². The van der Waals surface area contributed by atoms with Crippen molar-refractivity contribution in [3.05, 3.63) is 28.0 Å². The first-order valence-corrected chi connectivity index (χ1v) is 6.65. The summed E-state index contributed by atoms with van der Waals surface area (Å²) in [5, 5.41) is 10.5. The van der Waals surface area contributed by atoms with Gasteiger partial charge < -0.3 is 14.7 Å². The molecule has 5 heteroatoms. The molecule has 0 radical (unpaired) electrons. The maximum absolute atomic E-state index is 10.4. The van der Waals surface area contributed by atoms with Crippen LogP contribution in [0.2, 0.25) is 0 Å². The Balaban J connectivity index is 2.41. The van der Waals surface area contributed by atoms with E-state index in [1.165, 1.54) is 4.88 Å². The van der Waals surface area contributed by atoms with Crippen LogP contribution in [-0.2, 0) is 16.1 Å². The van der Waals surface area contributed by atoms with Crippen LogP contribution >= 0.6 is 11.3 Å². The first kappa shape index (κ1) is 14.9. The van der Waals surface area contributed by atoms with Gasteiger partial charge in [0.1, 0.15) is 0 Å². The van der Waals surface area contributed by atoms with E-state index in [9.17, 15) is 4.79 Å². The average molecular weight is 269 g/mol. The molecule has 1 rings (SSSR count). The maximum atomic E-state index is 10.4. The van der Waals surface area contributed by atoms with Gasteiger partial charge in [0.05, 0.1) is 0 Å². The van der Waals surface area contributed by atoms with Gasteiger partial charge in [0, 0.05) is 37.8 Å². The number of nitrogens with zero attached hydrogens (tertiary/aromatic N) is 1. The molecule has 0 aliphatic carbocycles. The summed E-state index contributed by atoms with van der Waals surface area (Å²) in [6.45, 7) is 2.66. The lowest BCUT2D eigenvalue weighted by atomic mass is 10.2. The number of hydrogen-bond donors (Lipinski definition) is 1. The summed E-state index contributed by atoms with van der Waals surface area (Å²) in [7, 11) is 3.78. The Morgan fingerprint density at radius 1 is 1.61 bits per heavy atom. The Kier molecular flexibility index (Phi) is 6.64. The Morgan fingerprint density at radius 2 is 2.39 bits per heavy atom. The smallest absolute Gasteiger partial charge is 0.328 e. The Morgan fingerprint density at radius 3 is 3.06 bits per heavy atom. The van der Waals surface area contributed by atoms with Gasteiger partial charge in [0.2, 0.25) is 0 Å². The first-order valence-electron chi connectivity index (χ1n) is 5.77. The predicted octanol–water partition coefficient (Wildman–Crippen LogP) is 2.31. The van der Waals surface area contributed by atoms with Crippen LogP contribution in [0.4, 0.5) is 0 Å². The first-order chi connectivity index (χ1) is 8.61. The van der Waals surface area contributed by atoms with Crippen LogP contribution in [0.15, 0.2) is 17.5 Å². The van der Waals surface area contributed by atoms with E-state index in [2.05, 4.69) is 11.9 Å². The third-order valence-electron chi connectivity index (χ3n) is 2.41. The molecule has 1 aromatic rings. The number of ether oxygens (including phenoxy) is 1. The number of thiophene rings is 1. The molecule has 0 fully saturated rings. The van der Waals surface area contributed by atoms with Crippen molar-refractivity contribution in [2.75, 3.05) is 27.3 Å².